The average Bonchev–Trinajstić information content (AvgIpc) is 2.83. The van der Waals surface area contributed by atoms with Crippen LogP contribution in [0.2, 0.25) is 0 Å². The Balaban J connectivity index is 2.04. The van der Waals surface area contributed by atoms with Gasteiger partial charge in [-0.2, -0.15) is 5.26 Å². The van der Waals surface area contributed by atoms with Crippen molar-refractivity contribution in [3.05, 3.63) is 16.1 Å². The normalized spacial score (nSPS) is 27.4. The van der Waals surface area contributed by atoms with Crippen molar-refractivity contribution in [2.24, 2.45) is 11.8 Å². The van der Waals surface area contributed by atoms with Gasteiger partial charge in [-0.05, 0) is 39.2 Å². The van der Waals surface area contributed by atoms with Crippen LogP contribution in [0.25, 0.3) is 0 Å². The molecule has 0 N–H and O–H groups in total. The van der Waals surface area contributed by atoms with Crippen molar-refractivity contribution in [3.63, 3.8) is 0 Å². The van der Waals surface area contributed by atoms with Gasteiger partial charge in [0.15, 0.2) is 0 Å². The van der Waals surface area contributed by atoms with Crippen molar-refractivity contribution in [1.29, 1.82) is 5.26 Å². The van der Waals surface area contributed by atoms with Crippen molar-refractivity contribution < 1.29 is 0 Å². The highest BCUT2D eigenvalue weighted by atomic mass is 32.1. The molecule has 1 fully saturated rings. The molecule has 19 heavy (non-hydrogen) atoms. The Morgan fingerprint density at radius 2 is 2.32 bits per heavy atom. The van der Waals surface area contributed by atoms with Crippen molar-refractivity contribution in [2.75, 3.05) is 7.05 Å². The van der Waals surface area contributed by atoms with E-state index in [1.807, 2.05) is 5.51 Å². The summed E-state index contributed by atoms with van der Waals surface area (Å²) in [5.74, 6) is 0.987. The first-order valence-corrected chi connectivity index (χ1v) is 8.02. The first kappa shape index (κ1) is 14.5. The summed E-state index contributed by atoms with van der Waals surface area (Å²) in [6.45, 7) is 5.26. The molecule has 0 spiro atoms. The Labute approximate surface area is 120 Å². The lowest BCUT2D eigenvalue weighted by molar-refractivity contribution is 0.118. The number of nitriles is 1. The summed E-state index contributed by atoms with van der Waals surface area (Å²) >= 11 is 1.72. The molecule has 0 bridgehead atoms. The largest absolute Gasteiger partial charge is 0.297 e. The third-order valence-corrected chi connectivity index (χ3v) is 5.39. The summed E-state index contributed by atoms with van der Waals surface area (Å²) in [6.07, 6.45) is 4.69. The van der Waals surface area contributed by atoms with E-state index in [9.17, 15) is 5.26 Å². The van der Waals surface area contributed by atoms with Crippen molar-refractivity contribution in [3.8, 4) is 6.07 Å². The first-order valence-electron chi connectivity index (χ1n) is 7.14. The molecule has 3 atom stereocenters. The van der Waals surface area contributed by atoms with Crippen LogP contribution < -0.4 is 0 Å². The molecule has 0 amide bonds. The molecule has 2 rings (SSSR count). The van der Waals surface area contributed by atoms with Gasteiger partial charge in [-0.15, -0.1) is 11.3 Å². The van der Waals surface area contributed by atoms with Gasteiger partial charge in [0, 0.05) is 17.5 Å². The number of thiazole rings is 1. The highest BCUT2D eigenvalue weighted by Crippen LogP contribution is 2.34. The monoisotopic (exact) mass is 277 g/mol. The van der Waals surface area contributed by atoms with E-state index >= 15 is 0 Å². The second-order valence-corrected chi connectivity index (χ2v) is 6.61. The molecule has 0 saturated heterocycles. The molecular weight excluding hydrogens is 254 g/mol. The number of nitrogens with zero attached hydrogens (tertiary/aromatic N) is 3. The second kappa shape index (κ2) is 6.49. The Kier molecular flexibility index (Phi) is 4.95. The van der Waals surface area contributed by atoms with Gasteiger partial charge < -0.3 is 0 Å². The van der Waals surface area contributed by atoms with E-state index in [1.165, 1.54) is 24.1 Å². The van der Waals surface area contributed by atoms with Gasteiger partial charge in [0.1, 0.15) is 0 Å². The average molecular weight is 277 g/mol. The summed E-state index contributed by atoms with van der Waals surface area (Å²) in [5.41, 5.74) is 3.05. The summed E-state index contributed by atoms with van der Waals surface area (Å²) in [7, 11) is 2.16. The quantitative estimate of drug-likeness (QED) is 0.844. The highest BCUT2D eigenvalue weighted by Gasteiger charge is 2.32. The molecule has 0 aromatic carbocycles. The van der Waals surface area contributed by atoms with E-state index in [4.69, 9.17) is 0 Å². The summed E-state index contributed by atoms with van der Waals surface area (Å²) in [5, 5.41) is 9.36. The van der Waals surface area contributed by atoms with Crippen LogP contribution in [0.1, 0.15) is 43.2 Å². The molecule has 4 heteroatoms. The minimum Gasteiger partial charge on any atom is -0.297 e. The Bertz CT molecular complexity index is 448. The molecule has 1 saturated carbocycles. The number of aromatic nitrogens is 1. The molecule has 1 heterocycles. The molecule has 3 nitrogen and oxygen atoms in total. The van der Waals surface area contributed by atoms with Gasteiger partial charge in [-0.1, -0.05) is 13.3 Å². The predicted octanol–water partition coefficient (Wildman–Crippen LogP) is 3.60. The van der Waals surface area contributed by atoms with E-state index in [2.05, 4.69) is 36.8 Å². The molecule has 1 aliphatic carbocycles. The van der Waals surface area contributed by atoms with Crippen LogP contribution in [-0.4, -0.2) is 23.0 Å². The maximum Gasteiger partial charge on any atom is 0.0798 e. The predicted molar refractivity (Wildman–Crippen MR) is 78.8 cm³/mol. The molecule has 1 aromatic rings. The van der Waals surface area contributed by atoms with E-state index in [0.29, 0.717) is 6.04 Å². The van der Waals surface area contributed by atoms with Crippen molar-refractivity contribution >= 4 is 11.3 Å². The zero-order chi connectivity index (χ0) is 13.8. The summed E-state index contributed by atoms with van der Waals surface area (Å²) in [6, 6.07) is 2.93. The summed E-state index contributed by atoms with van der Waals surface area (Å²) in [4.78, 5) is 8.01. The third-order valence-electron chi connectivity index (χ3n) is 4.47. The van der Waals surface area contributed by atoms with Crippen molar-refractivity contribution in [2.45, 2.75) is 52.1 Å². The topological polar surface area (TPSA) is 39.9 Å². The van der Waals surface area contributed by atoms with E-state index in [-0.39, 0.29) is 5.92 Å². The lowest BCUT2D eigenvalue weighted by Crippen LogP contribution is -2.41. The Morgan fingerprint density at radius 3 is 2.89 bits per heavy atom. The lowest BCUT2D eigenvalue weighted by Gasteiger charge is -2.38. The van der Waals surface area contributed by atoms with Crippen LogP contribution >= 0.6 is 11.3 Å². The summed E-state index contributed by atoms with van der Waals surface area (Å²) < 4.78 is 0. The van der Waals surface area contributed by atoms with E-state index < -0.39 is 0 Å². The zero-order valence-corrected chi connectivity index (χ0v) is 12.9. The van der Waals surface area contributed by atoms with Crippen molar-refractivity contribution in [1.82, 2.24) is 9.88 Å². The molecule has 0 radical (unpaired) electrons. The van der Waals surface area contributed by atoms with Crippen LogP contribution in [0, 0.1) is 30.1 Å². The van der Waals surface area contributed by atoms with Crippen LogP contribution in [-0.2, 0) is 6.54 Å². The molecule has 1 aliphatic rings. The lowest BCUT2D eigenvalue weighted by atomic mass is 9.77. The number of hydrogen-bond donors (Lipinski definition) is 0. The van der Waals surface area contributed by atoms with E-state index in [1.54, 1.807) is 11.3 Å². The fraction of sp³-hybridized carbons (Fsp3) is 0.733. The van der Waals surface area contributed by atoms with E-state index in [0.717, 1.165) is 24.6 Å². The zero-order valence-electron chi connectivity index (χ0n) is 12.1. The van der Waals surface area contributed by atoms with Gasteiger partial charge >= 0.3 is 0 Å². The van der Waals surface area contributed by atoms with Crippen LogP contribution in [0.15, 0.2) is 5.51 Å². The Morgan fingerprint density at radius 1 is 1.53 bits per heavy atom. The maximum absolute atomic E-state index is 9.36. The standard InChI is InChI=1S/C15H23N3S/c1-4-12-5-6-13(8-16)14(7-12)18(3)9-15-11(2)17-10-19-15/h10,12-14H,4-7,9H2,1-3H3. The second-order valence-electron chi connectivity index (χ2n) is 5.67. The molecule has 3 unspecified atom stereocenters. The minimum absolute atomic E-state index is 0.195. The fourth-order valence-electron chi connectivity index (χ4n) is 3.06. The first-order chi connectivity index (χ1) is 9.15. The van der Waals surface area contributed by atoms with Gasteiger partial charge in [0.25, 0.3) is 0 Å². The molecule has 1 aromatic heterocycles. The number of hydrogen-bond acceptors (Lipinski definition) is 4. The SMILES string of the molecule is CCC1CCC(C#N)C(N(C)Cc2scnc2C)C1. The van der Waals surface area contributed by atoms with Crippen LogP contribution in [0.5, 0.6) is 0 Å². The number of aryl methyl sites for hydroxylation is 1. The highest BCUT2D eigenvalue weighted by molar-refractivity contribution is 7.09. The Hall–Kier alpha value is -0.920. The maximum atomic E-state index is 9.36. The third kappa shape index (κ3) is 3.34. The van der Waals surface area contributed by atoms with Gasteiger partial charge in [0.05, 0.1) is 23.2 Å². The van der Waals surface area contributed by atoms with Crippen LogP contribution in [0.3, 0.4) is 0 Å². The van der Waals surface area contributed by atoms with Gasteiger partial charge in [0.2, 0.25) is 0 Å². The number of rotatable bonds is 4. The van der Waals surface area contributed by atoms with Crippen LogP contribution in [0.4, 0.5) is 0 Å². The fourth-order valence-corrected chi connectivity index (χ4v) is 3.90. The molecule has 104 valence electrons. The van der Waals surface area contributed by atoms with Gasteiger partial charge in [-0.3, -0.25) is 4.90 Å². The molecular formula is C15H23N3S. The minimum atomic E-state index is 0.195. The smallest absolute Gasteiger partial charge is 0.0798 e. The molecule has 0 aliphatic heterocycles. The van der Waals surface area contributed by atoms with Gasteiger partial charge in [-0.25, -0.2) is 4.98 Å².